The quantitative estimate of drug-likeness (QED) is 0.511. The first-order chi connectivity index (χ1) is 6.19. The zero-order valence-electron chi connectivity index (χ0n) is 7.09. The van der Waals surface area contributed by atoms with Crippen LogP contribution in [0.2, 0.25) is 0 Å². The third-order valence-corrected chi connectivity index (χ3v) is 1.74. The summed E-state index contributed by atoms with van der Waals surface area (Å²) in [4.78, 5) is 10.3. The maximum Gasteiger partial charge on any atom is 0.152 e. The average molecular weight is 176 g/mol. The van der Waals surface area contributed by atoms with E-state index >= 15 is 0 Å². The van der Waals surface area contributed by atoms with Crippen molar-refractivity contribution in [2.24, 2.45) is 0 Å². The van der Waals surface area contributed by atoms with Crippen molar-refractivity contribution in [1.82, 2.24) is 0 Å². The second-order valence-corrected chi connectivity index (χ2v) is 2.58. The van der Waals surface area contributed by atoms with Crippen LogP contribution in [0.3, 0.4) is 0 Å². The molecule has 0 aliphatic rings. The van der Waals surface area contributed by atoms with E-state index in [2.05, 4.69) is 13.2 Å². The van der Waals surface area contributed by atoms with Crippen LogP contribution in [-0.4, -0.2) is 6.29 Å². The summed E-state index contributed by atoms with van der Waals surface area (Å²) in [5, 5.41) is 0. The van der Waals surface area contributed by atoms with Gasteiger partial charge in [-0.1, -0.05) is 25.3 Å². The molecule has 1 rings (SSSR count). The first-order valence-corrected chi connectivity index (χ1v) is 3.75. The van der Waals surface area contributed by atoms with Crippen molar-refractivity contribution in [3.05, 3.63) is 54.4 Å². The predicted octanol–water partition coefficient (Wildman–Crippen LogP) is 2.84. The molecule has 0 amide bonds. The van der Waals surface area contributed by atoms with Gasteiger partial charge in [-0.3, -0.25) is 4.79 Å². The molecule has 0 atom stereocenters. The lowest BCUT2D eigenvalue weighted by atomic mass is 10.1. The van der Waals surface area contributed by atoms with Gasteiger partial charge in [0.1, 0.15) is 5.82 Å². The van der Waals surface area contributed by atoms with Gasteiger partial charge in [-0.25, -0.2) is 4.39 Å². The summed E-state index contributed by atoms with van der Waals surface area (Å²) in [6.45, 7) is 7.18. The molecule has 13 heavy (non-hydrogen) atoms. The van der Waals surface area contributed by atoms with E-state index in [0.717, 1.165) is 0 Å². The van der Waals surface area contributed by atoms with Crippen molar-refractivity contribution in [2.45, 2.75) is 0 Å². The first-order valence-electron chi connectivity index (χ1n) is 3.75. The summed E-state index contributed by atoms with van der Waals surface area (Å²) in [7, 11) is 0. The van der Waals surface area contributed by atoms with Gasteiger partial charge in [-0.15, -0.1) is 0 Å². The number of carbonyl (C=O) groups is 1. The van der Waals surface area contributed by atoms with Crippen molar-refractivity contribution in [3.8, 4) is 0 Å². The lowest BCUT2D eigenvalue weighted by Crippen LogP contribution is -1.89. The molecule has 0 saturated heterocycles. The molecule has 0 heterocycles. The fourth-order valence-electron chi connectivity index (χ4n) is 0.940. The molecule has 1 nitrogen and oxygen atoms in total. The Morgan fingerprint density at radius 2 is 2.15 bits per heavy atom. The molecule has 0 aromatic heterocycles. The standard InChI is InChI=1S/C11H9FO/c1-3-8(2)9-4-5-10(7-13)11(12)6-9/h3-7H,1-2H2. The molecule has 2 heteroatoms. The normalized spacial score (nSPS) is 9.31. The number of carbonyl (C=O) groups excluding carboxylic acids is 1. The number of allylic oxidation sites excluding steroid dienone is 2. The third kappa shape index (κ3) is 1.90. The Morgan fingerprint density at radius 3 is 2.62 bits per heavy atom. The van der Waals surface area contributed by atoms with Gasteiger partial charge in [0.25, 0.3) is 0 Å². The maximum atomic E-state index is 13.0. The smallest absolute Gasteiger partial charge is 0.152 e. The van der Waals surface area contributed by atoms with E-state index in [-0.39, 0.29) is 5.56 Å². The van der Waals surface area contributed by atoms with Crippen molar-refractivity contribution in [3.63, 3.8) is 0 Å². The third-order valence-electron chi connectivity index (χ3n) is 1.74. The van der Waals surface area contributed by atoms with Crippen molar-refractivity contribution >= 4 is 11.9 Å². The van der Waals surface area contributed by atoms with E-state index in [1.165, 1.54) is 18.2 Å². The minimum absolute atomic E-state index is 0.0561. The highest BCUT2D eigenvalue weighted by Crippen LogP contribution is 2.16. The second-order valence-electron chi connectivity index (χ2n) is 2.58. The first kappa shape index (κ1) is 9.39. The van der Waals surface area contributed by atoms with Gasteiger partial charge in [-0.2, -0.15) is 0 Å². The van der Waals surface area contributed by atoms with Crippen LogP contribution in [0.4, 0.5) is 4.39 Å². The zero-order valence-corrected chi connectivity index (χ0v) is 7.09. The summed E-state index contributed by atoms with van der Waals surface area (Å²) >= 11 is 0. The molecular weight excluding hydrogens is 167 g/mol. The lowest BCUT2D eigenvalue weighted by Gasteiger charge is -2.01. The van der Waals surface area contributed by atoms with E-state index in [1.807, 2.05) is 0 Å². The average Bonchev–Trinajstić information content (AvgIpc) is 2.16. The van der Waals surface area contributed by atoms with E-state index < -0.39 is 5.82 Å². The Hall–Kier alpha value is -1.70. The van der Waals surface area contributed by atoms with Gasteiger partial charge in [0, 0.05) is 0 Å². The number of aldehydes is 1. The van der Waals surface area contributed by atoms with E-state index in [4.69, 9.17) is 0 Å². The Kier molecular flexibility index (Phi) is 2.75. The van der Waals surface area contributed by atoms with Gasteiger partial charge in [0.15, 0.2) is 6.29 Å². The Morgan fingerprint density at radius 1 is 1.46 bits per heavy atom. The minimum atomic E-state index is -0.532. The fraction of sp³-hybridized carbons (Fsp3) is 0. The number of halogens is 1. The molecule has 0 spiro atoms. The van der Waals surface area contributed by atoms with Gasteiger partial charge in [0.2, 0.25) is 0 Å². The van der Waals surface area contributed by atoms with Gasteiger partial charge in [-0.05, 0) is 23.3 Å². The minimum Gasteiger partial charge on any atom is -0.298 e. The molecule has 0 radical (unpaired) electrons. The van der Waals surface area contributed by atoms with Crippen molar-refractivity contribution in [2.75, 3.05) is 0 Å². The van der Waals surface area contributed by atoms with Crippen LogP contribution < -0.4 is 0 Å². The molecule has 0 aliphatic carbocycles. The molecule has 0 N–H and O–H groups in total. The summed E-state index contributed by atoms with van der Waals surface area (Å²) in [5.74, 6) is -0.532. The molecule has 0 fully saturated rings. The summed E-state index contributed by atoms with van der Waals surface area (Å²) in [6, 6.07) is 4.33. The van der Waals surface area contributed by atoms with Gasteiger partial charge in [0.05, 0.1) is 5.56 Å². The van der Waals surface area contributed by atoms with Gasteiger partial charge >= 0.3 is 0 Å². The highest BCUT2D eigenvalue weighted by Gasteiger charge is 2.02. The summed E-state index contributed by atoms with van der Waals surface area (Å²) in [6.07, 6.45) is 2.02. The Labute approximate surface area is 76.2 Å². The predicted molar refractivity (Wildman–Crippen MR) is 51.0 cm³/mol. The summed E-state index contributed by atoms with van der Waals surface area (Å²) in [5.41, 5.74) is 1.33. The molecular formula is C11H9FO. The molecule has 0 saturated carbocycles. The monoisotopic (exact) mass is 176 g/mol. The number of benzene rings is 1. The van der Waals surface area contributed by atoms with Crippen LogP contribution in [0.1, 0.15) is 15.9 Å². The van der Waals surface area contributed by atoms with Crippen LogP contribution in [0.5, 0.6) is 0 Å². The van der Waals surface area contributed by atoms with Crippen molar-refractivity contribution in [1.29, 1.82) is 0 Å². The topological polar surface area (TPSA) is 17.1 Å². The SMILES string of the molecule is C=CC(=C)c1ccc(C=O)c(F)c1. The Bertz CT molecular complexity index is 366. The van der Waals surface area contributed by atoms with Crippen LogP contribution in [0.15, 0.2) is 37.4 Å². The molecule has 0 aliphatic heterocycles. The number of hydrogen-bond acceptors (Lipinski definition) is 1. The lowest BCUT2D eigenvalue weighted by molar-refractivity contribution is 0.112. The second kappa shape index (κ2) is 3.81. The highest BCUT2D eigenvalue weighted by atomic mass is 19.1. The molecule has 0 unspecified atom stereocenters. The van der Waals surface area contributed by atoms with Crippen LogP contribution in [0, 0.1) is 5.82 Å². The molecule has 1 aromatic carbocycles. The van der Waals surface area contributed by atoms with Gasteiger partial charge < -0.3 is 0 Å². The maximum absolute atomic E-state index is 13.0. The Balaban J connectivity index is 3.16. The zero-order chi connectivity index (χ0) is 9.84. The number of hydrogen-bond donors (Lipinski definition) is 0. The summed E-state index contributed by atoms with van der Waals surface area (Å²) < 4.78 is 13.0. The van der Waals surface area contributed by atoms with Crippen LogP contribution in [-0.2, 0) is 0 Å². The highest BCUT2D eigenvalue weighted by molar-refractivity contribution is 5.78. The fourth-order valence-corrected chi connectivity index (χ4v) is 0.940. The van der Waals surface area contributed by atoms with Crippen LogP contribution >= 0.6 is 0 Å². The van der Waals surface area contributed by atoms with Crippen molar-refractivity contribution < 1.29 is 9.18 Å². The molecule has 1 aromatic rings. The molecule has 0 bridgehead atoms. The largest absolute Gasteiger partial charge is 0.298 e. The van der Waals surface area contributed by atoms with E-state index in [9.17, 15) is 9.18 Å². The molecule has 66 valence electrons. The number of rotatable bonds is 3. The van der Waals surface area contributed by atoms with E-state index in [0.29, 0.717) is 17.4 Å². The van der Waals surface area contributed by atoms with E-state index in [1.54, 1.807) is 6.07 Å². The van der Waals surface area contributed by atoms with Crippen LogP contribution in [0.25, 0.3) is 5.57 Å².